The highest BCUT2D eigenvalue weighted by atomic mass is 16.1. The van der Waals surface area contributed by atoms with Crippen LogP contribution in [0.4, 0.5) is 0 Å². The molecule has 0 aromatic heterocycles. The summed E-state index contributed by atoms with van der Waals surface area (Å²) in [7, 11) is 0. The second-order valence-corrected chi connectivity index (χ2v) is 5.02. The van der Waals surface area contributed by atoms with Crippen LogP contribution in [0.1, 0.15) is 53.9 Å². The van der Waals surface area contributed by atoms with Crippen molar-refractivity contribution in [1.82, 2.24) is 5.32 Å². The topological polar surface area (TPSA) is 46.2 Å². The van der Waals surface area contributed by atoms with Gasteiger partial charge in [0.05, 0.1) is 0 Å². The highest BCUT2D eigenvalue weighted by Crippen LogP contribution is 2.09. The van der Waals surface area contributed by atoms with Crippen LogP contribution >= 0.6 is 0 Å². The first-order valence-corrected chi connectivity index (χ1v) is 6.18. The summed E-state index contributed by atoms with van der Waals surface area (Å²) in [5.41, 5.74) is 0. The fourth-order valence-corrected chi connectivity index (χ4v) is 1.77. The molecule has 0 aromatic rings. The molecule has 0 radical (unpaired) electrons. The van der Waals surface area contributed by atoms with Gasteiger partial charge < -0.3 is 5.32 Å². The molecule has 0 spiro atoms. The van der Waals surface area contributed by atoms with E-state index in [4.69, 9.17) is 0 Å². The molecular weight excluding hydrogens is 202 g/mol. The molecule has 0 aliphatic heterocycles. The number of ketones is 1. The van der Waals surface area contributed by atoms with E-state index in [2.05, 4.69) is 5.32 Å². The Kier molecular flexibility index (Phi) is 7.02. The number of Topliss-reactive ketones (excluding diaryl/α,β-unsaturated/α-hetero) is 1. The van der Waals surface area contributed by atoms with E-state index in [0.717, 1.165) is 6.42 Å². The lowest BCUT2D eigenvalue weighted by Crippen LogP contribution is -2.35. The van der Waals surface area contributed by atoms with Crippen molar-refractivity contribution in [3.05, 3.63) is 0 Å². The molecule has 0 heterocycles. The van der Waals surface area contributed by atoms with Crippen molar-refractivity contribution in [2.45, 2.75) is 59.9 Å². The summed E-state index contributed by atoms with van der Waals surface area (Å²) in [6.45, 7) is 9.80. The summed E-state index contributed by atoms with van der Waals surface area (Å²) >= 11 is 0. The van der Waals surface area contributed by atoms with Gasteiger partial charge in [0.15, 0.2) is 0 Å². The molecule has 94 valence electrons. The number of carbonyl (C=O) groups excluding carboxylic acids is 2. The number of hydrogen-bond donors (Lipinski definition) is 1. The molecule has 0 saturated heterocycles. The Morgan fingerprint density at radius 2 is 1.69 bits per heavy atom. The van der Waals surface area contributed by atoms with Crippen molar-refractivity contribution in [1.29, 1.82) is 0 Å². The fraction of sp³-hybridized carbons (Fsp3) is 0.846. The van der Waals surface area contributed by atoms with Crippen LogP contribution in [0.3, 0.4) is 0 Å². The van der Waals surface area contributed by atoms with Crippen LogP contribution in [0.15, 0.2) is 0 Å². The van der Waals surface area contributed by atoms with Gasteiger partial charge in [-0.25, -0.2) is 0 Å². The maximum atomic E-state index is 11.5. The smallest absolute Gasteiger partial charge is 0.220 e. The maximum Gasteiger partial charge on any atom is 0.220 e. The molecular formula is C13H25NO2. The molecule has 0 saturated carbocycles. The molecule has 1 amide bonds. The van der Waals surface area contributed by atoms with E-state index >= 15 is 0 Å². The van der Waals surface area contributed by atoms with Gasteiger partial charge in [-0.1, -0.05) is 27.7 Å². The molecule has 0 rings (SSSR count). The van der Waals surface area contributed by atoms with E-state index in [1.54, 1.807) is 0 Å². The predicted octanol–water partition coefficient (Wildman–Crippen LogP) is 2.54. The van der Waals surface area contributed by atoms with Gasteiger partial charge in [-0.3, -0.25) is 9.59 Å². The molecule has 0 fully saturated rings. The quantitative estimate of drug-likeness (QED) is 0.726. The number of amides is 1. The van der Waals surface area contributed by atoms with E-state index in [0.29, 0.717) is 18.8 Å². The average Bonchev–Trinajstić information content (AvgIpc) is 2.14. The van der Waals surface area contributed by atoms with Crippen LogP contribution < -0.4 is 5.32 Å². The van der Waals surface area contributed by atoms with Crippen LogP contribution in [0.2, 0.25) is 0 Å². The van der Waals surface area contributed by atoms with E-state index < -0.39 is 0 Å². The Labute approximate surface area is 99.0 Å². The second-order valence-electron chi connectivity index (χ2n) is 5.02. The summed E-state index contributed by atoms with van der Waals surface area (Å²) in [5.74, 6) is 0.768. The van der Waals surface area contributed by atoms with Crippen molar-refractivity contribution in [2.24, 2.45) is 11.8 Å². The molecule has 2 unspecified atom stereocenters. The Morgan fingerprint density at radius 3 is 2.12 bits per heavy atom. The fourth-order valence-electron chi connectivity index (χ4n) is 1.77. The highest BCUT2D eigenvalue weighted by Gasteiger charge is 2.16. The summed E-state index contributed by atoms with van der Waals surface area (Å²) in [5, 5.41) is 2.93. The van der Waals surface area contributed by atoms with Gasteiger partial charge in [-0.15, -0.1) is 0 Å². The summed E-state index contributed by atoms with van der Waals surface area (Å²) in [6, 6.07) is 0.0803. The molecule has 3 nitrogen and oxygen atoms in total. The molecule has 3 heteroatoms. The minimum absolute atomic E-state index is 0.0411. The minimum Gasteiger partial charge on any atom is -0.354 e. The van der Waals surface area contributed by atoms with E-state index in [9.17, 15) is 9.59 Å². The SMILES string of the molecule is CCC(=O)C(C)CC(C)NC(=O)CC(C)C. The summed E-state index contributed by atoms with van der Waals surface area (Å²) < 4.78 is 0. The average molecular weight is 227 g/mol. The monoisotopic (exact) mass is 227 g/mol. The molecule has 2 atom stereocenters. The molecule has 0 bridgehead atoms. The Bertz CT molecular complexity index is 236. The van der Waals surface area contributed by atoms with E-state index in [1.807, 2.05) is 34.6 Å². The normalized spacial score (nSPS) is 14.6. The first kappa shape index (κ1) is 15.1. The van der Waals surface area contributed by atoms with Crippen molar-refractivity contribution < 1.29 is 9.59 Å². The summed E-state index contributed by atoms with van der Waals surface area (Å²) in [6.07, 6.45) is 1.87. The van der Waals surface area contributed by atoms with Crippen LogP contribution in [0.25, 0.3) is 0 Å². The largest absolute Gasteiger partial charge is 0.354 e. The standard InChI is InChI=1S/C13H25NO2/c1-6-12(15)10(4)8-11(5)14-13(16)7-9(2)3/h9-11H,6-8H2,1-5H3,(H,14,16). The van der Waals surface area contributed by atoms with E-state index in [1.165, 1.54) is 0 Å². The lowest BCUT2D eigenvalue weighted by atomic mass is 9.96. The van der Waals surface area contributed by atoms with Crippen LogP contribution in [0.5, 0.6) is 0 Å². The number of hydrogen-bond acceptors (Lipinski definition) is 2. The Morgan fingerprint density at radius 1 is 1.12 bits per heavy atom. The third kappa shape index (κ3) is 6.59. The predicted molar refractivity (Wildman–Crippen MR) is 66.1 cm³/mol. The Balaban J connectivity index is 3.94. The second kappa shape index (κ2) is 7.42. The van der Waals surface area contributed by atoms with E-state index in [-0.39, 0.29) is 23.7 Å². The number of rotatable bonds is 7. The lowest BCUT2D eigenvalue weighted by Gasteiger charge is -2.18. The zero-order chi connectivity index (χ0) is 12.7. The van der Waals surface area contributed by atoms with Gasteiger partial charge >= 0.3 is 0 Å². The lowest BCUT2D eigenvalue weighted by molar-refractivity contribution is -0.124. The van der Waals surface area contributed by atoms with Crippen LogP contribution in [0, 0.1) is 11.8 Å². The van der Waals surface area contributed by atoms with Gasteiger partial charge in [-0.2, -0.15) is 0 Å². The first-order chi connectivity index (χ1) is 7.36. The Hall–Kier alpha value is -0.860. The number of nitrogens with one attached hydrogen (secondary N) is 1. The van der Waals surface area contributed by atoms with Crippen molar-refractivity contribution in [2.75, 3.05) is 0 Å². The molecule has 16 heavy (non-hydrogen) atoms. The summed E-state index contributed by atoms with van der Waals surface area (Å²) in [4.78, 5) is 22.9. The highest BCUT2D eigenvalue weighted by molar-refractivity contribution is 5.80. The molecule has 1 N–H and O–H groups in total. The zero-order valence-electron chi connectivity index (χ0n) is 11.2. The minimum atomic E-state index is 0.0411. The van der Waals surface area contributed by atoms with Crippen LogP contribution in [-0.4, -0.2) is 17.7 Å². The zero-order valence-corrected chi connectivity index (χ0v) is 11.2. The maximum absolute atomic E-state index is 11.5. The van der Waals surface area contributed by atoms with Gasteiger partial charge in [0.1, 0.15) is 5.78 Å². The van der Waals surface area contributed by atoms with Crippen molar-refractivity contribution in [3.63, 3.8) is 0 Å². The third-order valence-corrected chi connectivity index (χ3v) is 2.61. The third-order valence-electron chi connectivity index (χ3n) is 2.61. The first-order valence-electron chi connectivity index (χ1n) is 6.18. The molecule has 0 aliphatic carbocycles. The van der Waals surface area contributed by atoms with Gasteiger partial charge in [-0.05, 0) is 19.3 Å². The molecule has 0 aromatic carbocycles. The van der Waals surface area contributed by atoms with Crippen LogP contribution in [-0.2, 0) is 9.59 Å². The van der Waals surface area contributed by atoms with Crippen molar-refractivity contribution >= 4 is 11.7 Å². The van der Waals surface area contributed by atoms with Crippen molar-refractivity contribution in [3.8, 4) is 0 Å². The molecule has 0 aliphatic rings. The van der Waals surface area contributed by atoms with Gasteiger partial charge in [0.2, 0.25) is 5.91 Å². The van der Waals surface area contributed by atoms with Gasteiger partial charge in [0, 0.05) is 24.8 Å². The number of carbonyl (C=O) groups is 2. The van der Waals surface area contributed by atoms with Gasteiger partial charge in [0.25, 0.3) is 0 Å².